The van der Waals surface area contributed by atoms with Gasteiger partial charge in [-0.05, 0) is 63.4 Å². The number of aromatic hydroxyl groups is 1. The van der Waals surface area contributed by atoms with Gasteiger partial charge in [-0.15, -0.1) is 18.2 Å². The number of fused-ring (bicyclic) bond motifs is 1. The Morgan fingerprint density at radius 2 is 1.43 bits per heavy atom. The molecule has 6 heteroatoms. The molecular weight excluding hydrogens is 808 g/mol. The molecule has 5 aromatic carbocycles. The molecule has 0 aliphatic rings. The van der Waals surface area contributed by atoms with Gasteiger partial charge in [-0.25, -0.2) is 10.2 Å². The first kappa shape index (κ1) is 35.5. The van der Waals surface area contributed by atoms with Gasteiger partial charge in [0.15, 0.2) is 0 Å². The Hall–Kier alpha value is -5.30. The summed E-state index contributed by atoms with van der Waals surface area (Å²) in [5, 5.41) is 22.3. The number of phenolic OH excluding ortho intramolecular Hbond substituents is 1. The summed E-state index contributed by atoms with van der Waals surface area (Å²) in [6.45, 7) is 12.9. The van der Waals surface area contributed by atoms with E-state index < -0.39 is 0 Å². The molecule has 256 valence electrons. The van der Waals surface area contributed by atoms with E-state index in [4.69, 9.17) is 4.98 Å². The molecule has 7 rings (SSSR count). The number of nitrogens with zero attached hydrogens (tertiary/aromatic N) is 4. The van der Waals surface area contributed by atoms with E-state index >= 15 is 0 Å². The average molecular weight is 847 g/mol. The molecule has 7 aromatic rings. The van der Waals surface area contributed by atoms with Gasteiger partial charge in [-0.1, -0.05) is 131 Å². The molecule has 0 unspecified atom stereocenters. The summed E-state index contributed by atoms with van der Waals surface area (Å²) in [6.07, 6.45) is 1.75. The van der Waals surface area contributed by atoms with Crippen molar-refractivity contribution in [1.82, 2.24) is 14.5 Å². The Morgan fingerprint density at radius 1 is 0.725 bits per heavy atom. The van der Waals surface area contributed by atoms with Gasteiger partial charge in [-0.3, -0.25) is 9.55 Å². The van der Waals surface area contributed by atoms with Gasteiger partial charge >= 0.3 is 0 Å². The van der Waals surface area contributed by atoms with Crippen LogP contribution in [-0.2, 0) is 31.9 Å². The van der Waals surface area contributed by atoms with Crippen molar-refractivity contribution in [3.05, 3.63) is 144 Å². The van der Waals surface area contributed by atoms with Crippen molar-refractivity contribution in [3.63, 3.8) is 0 Å². The van der Waals surface area contributed by atoms with Crippen LogP contribution in [0, 0.1) is 17.4 Å². The van der Waals surface area contributed by atoms with Gasteiger partial charge < -0.3 is 5.11 Å². The van der Waals surface area contributed by atoms with Crippen LogP contribution in [0.4, 0.5) is 0 Å². The van der Waals surface area contributed by atoms with Gasteiger partial charge in [0.2, 0.25) is 0 Å². The van der Waals surface area contributed by atoms with Crippen molar-refractivity contribution < 1.29 is 26.2 Å². The van der Waals surface area contributed by atoms with Crippen molar-refractivity contribution in [3.8, 4) is 62.4 Å². The number of pyridine rings is 1. The summed E-state index contributed by atoms with van der Waals surface area (Å²) in [6, 6.07) is 44.3. The van der Waals surface area contributed by atoms with E-state index in [1.165, 1.54) is 0 Å². The summed E-state index contributed by atoms with van der Waals surface area (Å²) in [5.74, 6) is 0.833. The number of phenols is 1. The van der Waals surface area contributed by atoms with Crippen molar-refractivity contribution in [2.75, 3.05) is 0 Å². The number of hydrogen-bond acceptors (Lipinski definition) is 4. The first-order chi connectivity index (χ1) is 23.9. The minimum atomic E-state index is -0.317. The Morgan fingerprint density at radius 3 is 2.08 bits per heavy atom. The quantitative estimate of drug-likeness (QED) is 0.175. The number of aromatic nitrogens is 3. The molecule has 1 N–H and O–H groups in total. The molecule has 51 heavy (non-hydrogen) atoms. The molecule has 0 saturated carbocycles. The standard InChI is InChI=1S/C45H39N4O.Pt/c1-44(2,3)33-26-37(42(50)38(27-33)45(4,5)6)43-48-41-35(36-25-31(18-19-32(36)28-46)39-16-10-11-24-47-39)15-12-17-40(41)49(43)34-22-20-30(21-23-34)29-13-8-7-9-14-29;/h7-24,26-27,50H,1-6H3;/q-1;. The zero-order valence-corrected chi connectivity index (χ0v) is 31.9. The maximum absolute atomic E-state index is 12.1. The summed E-state index contributed by atoms with van der Waals surface area (Å²) in [7, 11) is 0. The van der Waals surface area contributed by atoms with Crippen LogP contribution in [0.5, 0.6) is 5.75 Å². The third-order valence-electron chi connectivity index (χ3n) is 9.22. The minimum absolute atomic E-state index is 0. The molecule has 0 aliphatic heterocycles. The molecule has 0 radical (unpaired) electrons. The van der Waals surface area contributed by atoms with Crippen LogP contribution in [0.15, 0.2) is 121 Å². The Balaban J connectivity index is 0.00000448. The van der Waals surface area contributed by atoms with Crippen LogP contribution in [0.2, 0.25) is 0 Å². The second-order valence-electron chi connectivity index (χ2n) is 14.8. The summed E-state index contributed by atoms with van der Waals surface area (Å²) in [5.41, 5.74) is 10.3. The normalized spacial score (nSPS) is 11.6. The van der Waals surface area contributed by atoms with E-state index in [-0.39, 0.29) is 37.6 Å². The molecule has 0 atom stereocenters. The molecule has 2 aromatic heterocycles. The molecule has 5 nitrogen and oxygen atoms in total. The number of nitriles is 1. The topological polar surface area (TPSA) is 74.7 Å². The van der Waals surface area contributed by atoms with E-state index in [9.17, 15) is 10.4 Å². The number of rotatable bonds is 5. The fraction of sp³-hybridized carbons (Fsp3) is 0.178. The fourth-order valence-corrected chi connectivity index (χ4v) is 6.46. The number of hydrogen-bond donors (Lipinski definition) is 1. The predicted octanol–water partition coefficient (Wildman–Crippen LogP) is 11.1. The molecule has 2 heterocycles. The third-order valence-corrected chi connectivity index (χ3v) is 9.22. The monoisotopic (exact) mass is 846 g/mol. The first-order valence-electron chi connectivity index (χ1n) is 16.9. The van der Waals surface area contributed by atoms with Crippen LogP contribution in [0.1, 0.15) is 58.2 Å². The van der Waals surface area contributed by atoms with Gasteiger partial charge in [0.05, 0.1) is 22.7 Å². The molecule has 0 aliphatic carbocycles. The SMILES string of the molecule is CC(C)(C)c1cc(-c2nc3c(-c4[c-]c(-c5ccccn5)ccc4C#N)cccc3n2-c2ccc(-c3ccccc3)cc2)c(O)c(C(C)(C)C)c1.[Pt]. The molecule has 0 spiro atoms. The van der Waals surface area contributed by atoms with E-state index in [2.05, 4.69) is 112 Å². The van der Waals surface area contributed by atoms with E-state index in [0.717, 1.165) is 50.3 Å². The maximum Gasteiger partial charge on any atom is 0.148 e. The van der Waals surface area contributed by atoms with Crippen molar-refractivity contribution >= 4 is 11.0 Å². The number of para-hydroxylation sites is 1. The largest absolute Gasteiger partial charge is 0.507 e. The Labute approximate surface area is 314 Å². The molecular formula is C45H39N4OPt-. The number of imidazole rings is 1. The van der Waals surface area contributed by atoms with Crippen molar-refractivity contribution in [2.24, 2.45) is 0 Å². The average Bonchev–Trinajstić information content (AvgIpc) is 3.51. The Kier molecular flexibility index (Phi) is 9.60. The fourth-order valence-electron chi connectivity index (χ4n) is 6.46. The summed E-state index contributed by atoms with van der Waals surface area (Å²) in [4.78, 5) is 9.89. The zero-order valence-electron chi connectivity index (χ0n) is 29.6. The predicted molar refractivity (Wildman–Crippen MR) is 203 cm³/mol. The second-order valence-corrected chi connectivity index (χ2v) is 14.8. The molecule has 0 amide bonds. The number of benzene rings is 5. The Bertz CT molecular complexity index is 2390. The summed E-state index contributed by atoms with van der Waals surface area (Å²) < 4.78 is 2.12. The molecule has 0 saturated heterocycles. The second kappa shape index (κ2) is 13.8. The summed E-state index contributed by atoms with van der Waals surface area (Å²) >= 11 is 0. The van der Waals surface area contributed by atoms with Gasteiger partial charge in [-0.2, -0.15) is 0 Å². The van der Waals surface area contributed by atoms with Gasteiger partial charge in [0.1, 0.15) is 11.6 Å². The third kappa shape index (κ3) is 6.77. The van der Waals surface area contributed by atoms with Gasteiger partial charge in [0, 0.05) is 44.2 Å². The van der Waals surface area contributed by atoms with Crippen LogP contribution in [-0.4, -0.2) is 19.6 Å². The van der Waals surface area contributed by atoms with E-state index in [0.29, 0.717) is 28.0 Å². The van der Waals surface area contributed by atoms with E-state index in [1.54, 1.807) is 6.20 Å². The minimum Gasteiger partial charge on any atom is -0.507 e. The molecule has 0 fully saturated rings. The van der Waals surface area contributed by atoms with Crippen molar-refractivity contribution in [1.29, 1.82) is 5.26 Å². The van der Waals surface area contributed by atoms with Gasteiger partial charge in [0.25, 0.3) is 0 Å². The first-order valence-corrected chi connectivity index (χ1v) is 16.9. The van der Waals surface area contributed by atoms with Crippen LogP contribution in [0.3, 0.4) is 0 Å². The zero-order chi connectivity index (χ0) is 35.2. The maximum atomic E-state index is 12.1. The van der Waals surface area contributed by atoms with Crippen LogP contribution >= 0.6 is 0 Å². The van der Waals surface area contributed by atoms with E-state index in [1.807, 2.05) is 66.7 Å². The van der Waals surface area contributed by atoms with Crippen LogP contribution in [0.25, 0.3) is 61.6 Å². The molecule has 0 bridgehead atoms. The smallest absolute Gasteiger partial charge is 0.148 e. The van der Waals surface area contributed by atoms with Crippen LogP contribution < -0.4 is 0 Å². The van der Waals surface area contributed by atoms with Crippen molar-refractivity contribution in [2.45, 2.75) is 52.4 Å².